The minimum atomic E-state index is -0.407. The number of hydrogen-bond acceptors (Lipinski definition) is 4. The van der Waals surface area contributed by atoms with Crippen LogP contribution in [0, 0.1) is 5.92 Å². The Morgan fingerprint density at radius 1 is 1.40 bits per heavy atom. The molecule has 1 unspecified atom stereocenters. The van der Waals surface area contributed by atoms with Crippen molar-refractivity contribution in [1.29, 1.82) is 0 Å². The van der Waals surface area contributed by atoms with Crippen molar-refractivity contribution in [2.75, 3.05) is 25.5 Å². The zero-order valence-electron chi connectivity index (χ0n) is 11.3. The van der Waals surface area contributed by atoms with Crippen LogP contribution in [0.25, 0.3) is 0 Å². The number of methoxy groups -OCH3 is 1. The molecule has 1 atom stereocenters. The monoisotopic (exact) mass is 298 g/mol. The molecule has 110 valence electrons. The molecule has 6 heteroatoms. The van der Waals surface area contributed by atoms with E-state index >= 15 is 0 Å². The van der Waals surface area contributed by atoms with Crippen LogP contribution in [0.3, 0.4) is 0 Å². The summed E-state index contributed by atoms with van der Waals surface area (Å²) in [6.07, 6.45) is 1.91. The lowest BCUT2D eigenvalue weighted by Gasteiger charge is -2.21. The van der Waals surface area contributed by atoms with Crippen molar-refractivity contribution in [2.24, 2.45) is 5.92 Å². The van der Waals surface area contributed by atoms with Crippen molar-refractivity contribution in [2.45, 2.75) is 12.8 Å². The molecule has 1 aliphatic heterocycles. The van der Waals surface area contributed by atoms with Gasteiger partial charge in [-0.1, -0.05) is 6.07 Å². The molecule has 0 saturated carbocycles. The van der Waals surface area contributed by atoms with E-state index in [1.165, 1.54) is 7.11 Å². The van der Waals surface area contributed by atoms with Gasteiger partial charge in [0.25, 0.3) is 0 Å². The zero-order chi connectivity index (χ0) is 13.7. The Labute approximate surface area is 124 Å². The number of carbonyl (C=O) groups excluding carboxylic acids is 2. The number of hydrogen-bond donors (Lipinski definition) is 2. The zero-order valence-corrected chi connectivity index (χ0v) is 12.2. The number of halogens is 1. The second-order valence-corrected chi connectivity index (χ2v) is 4.60. The normalized spacial score (nSPS) is 17.8. The molecule has 1 saturated heterocycles. The van der Waals surface area contributed by atoms with Gasteiger partial charge in [0.2, 0.25) is 5.91 Å². The quantitative estimate of drug-likeness (QED) is 0.836. The first-order valence-electron chi connectivity index (χ1n) is 6.40. The summed E-state index contributed by atoms with van der Waals surface area (Å²) in [5, 5.41) is 6.05. The van der Waals surface area contributed by atoms with E-state index in [4.69, 9.17) is 0 Å². The summed E-state index contributed by atoms with van der Waals surface area (Å²) in [4.78, 5) is 23.5. The second-order valence-electron chi connectivity index (χ2n) is 4.60. The van der Waals surface area contributed by atoms with Gasteiger partial charge in [-0.15, -0.1) is 12.4 Å². The molecular weight excluding hydrogens is 280 g/mol. The molecule has 1 aromatic carbocycles. The van der Waals surface area contributed by atoms with E-state index in [0.717, 1.165) is 19.4 Å². The van der Waals surface area contributed by atoms with Crippen LogP contribution in [-0.4, -0.2) is 32.1 Å². The van der Waals surface area contributed by atoms with Gasteiger partial charge in [0.05, 0.1) is 18.6 Å². The SMILES string of the molecule is COC(=O)c1cccc(NC(=O)C2CCCNC2)c1.Cl. The number of esters is 1. The third-order valence-electron chi connectivity index (χ3n) is 3.22. The number of piperidine rings is 1. The molecule has 2 rings (SSSR count). The van der Waals surface area contributed by atoms with Crippen molar-refractivity contribution in [3.05, 3.63) is 29.8 Å². The average Bonchev–Trinajstić information content (AvgIpc) is 2.47. The van der Waals surface area contributed by atoms with E-state index in [9.17, 15) is 9.59 Å². The molecule has 0 aromatic heterocycles. The first kappa shape index (κ1) is 16.5. The molecule has 0 aliphatic carbocycles. The number of benzene rings is 1. The van der Waals surface area contributed by atoms with Gasteiger partial charge in [-0.3, -0.25) is 4.79 Å². The van der Waals surface area contributed by atoms with Gasteiger partial charge in [0.15, 0.2) is 0 Å². The Morgan fingerprint density at radius 3 is 2.85 bits per heavy atom. The van der Waals surface area contributed by atoms with Crippen LogP contribution < -0.4 is 10.6 Å². The highest BCUT2D eigenvalue weighted by atomic mass is 35.5. The number of nitrogens with one attached hydrogen (secondary N) is 2. The Hall–Kier alpha value is -1.59. The van der Waals surface area contributed by atoms with E-state index in [1.54, 1.807) is 24.3 Å². The minimum absolute atomic E-state index is 0. The lowest BCUT2D eigenvalue weighted by atomic mass is 9.99. The number of rotatable bonds is 3. The lowest BCUT2D eigenvalue weighted by molar-refractivity contribution is -0.120. The Bertz CT molecular complexity index is 473. The summed E-state index contributed by atoms with van der Waals surface area (Å²) >= 11 is 0. The Morgan fingerprint density at radius 2 is 2.20 bits per heavy atom. The van der Waals surface area contributed by atoms with Crippen LogP contribution in [0.5, 0.6) is 0 Å². The molecule has 0 spiro atoms. The maximum Gasteiger partial charge on any atom is 0.337 e. The fourth-order valence-corrected chi connectivity index (χ4v) is 2.16. The third kappa shape index (κ3) is 4.21. The van der Waals surface area contributed by atoms with E-state index in [2.05, 4.69) is 15.4 Å². The fraction of sp³-hybridized carbons (Fsp3) is 0.429. The highest BCUT2D eigenvalue weighted by Crippen LogP contribution is 2.16. The Kier molecular flexibility index (Phi) is 6.48. The highest BCUT2D eigenvalue weighted by Gasteiger charge is 2.21. The van der Waals surface area contributed by atoms with Crippen molar-refractivity contribution in [3.8, 4) is 0 Å². The number of carbonyl (C=O) groups is 2. The van der Waals surface area contributed by atoms with E-state index < -0.39 is 5.97 Å². The predicted octanol–water partition coefficient (Wildman–Crippen LogP) is 1.83. The van der Waals surface area contributed by atoms with Crippen LogP contribution >= 0.6 is 12.4 Å². The largest absolute Gasteiger partial charge is 0.465 e. The molecule has 20 heavy (non-hydrogen) atoms. The van der Waals surface area contributed by atoms with Crippen molar-refractivity contribution in [3.63, 3.8) is 0 Å². The second kappa shape index (κ2) is 7.87. The minimum Gasteiger partial charge on any atom is -0.465 e. The summed E-state index contributed by atoms with van der Waals surface area (Å²) in [5.74, 6) is -0.416. The van der Waals surface area contributed by atoms with Gasteiger partial charge < -0.3 is 15.4 Å². The van der Waals surface area contributed by atoms with E-state index in [1.807, 2.05) is 0 Å². The van der Waals surface area contributed by atoms with Crippen LogP contribution in [0.4, 0.5) is 5.69 Å². The van der Waals surface area contributed by atoms with Crippen LogP contribution in [0.15, 0.2) is 24.3 Å². The molecule has 0 bridgehead atoms. The topological polar surface area (TPSA) is 67.4 Å². The molecule has 0 radical (unpaired) electrons. The van der Waals surface area contributed by atoms with Crippen molar-refractivity contribution in [1.82, 2.24) is 5.32 Å². The van der Waals surface area contributed by atoms with Gasteiger partial charge in [0, 0.05) is 12.2 Å². The summed E-state index contributed by atoms with van der Waals surface area (Å²) < 4.78 is 4.65. The van der Waals surface area contributed by atoms with E-state index in [-0.39, 0.29) is 24.2 Å². The van der Waals surface area contributed by atoms with Gasteiger partial charge in [-0.25, -0.2) is 4.79 Å². The van der Waals surface area contributed by atoms with Crippen LogP contribution in [0.1, 0.15) is 23.2 Å². The lowest BCUT2D eigenvalue weighted by Crippen LogP contribution is -2.37. The van der Waals surface area contributed by atoms with Crippen molar-refractivity contribution < 1.29 is 14.3 Å². The highest BCUT2D eigenvalue weighted by molar-refractivity contribution is 5.95. The van der Waals surface area contributed by atoms with Gasteiger partial charge in [0.1, 0.15) is 0 Å². The summed E-state index contributed by atoms with van der Waals surface area (Å²) in [7, 11) is 1.33. The number of ether oxygens (including phenoxy) is 1. The maximum atomic E-state index is 12.1. The standard InChI is InChI=1S/C14H18N2O3.ClH/c1-19-14(18)10-4-2-6-12(8-10)16-13(17)11-5-3-7-15-9-11;/h2,4,6,8,11,15H,3,5,7,9H2,1H3,(H,16,17);1H. The first-order valence-corrected chi connectivity index (χ1v) is 6.40. The molecule has 1 heterocycles. The smallest absolute Gasteiger partial charge is 0.337 e. The molecule has 1 amide bonds. The predicted molar refractivity (Wildman–Crippen MR) is 79.3 cm³/mol. The first-order chi connectivity index (χ1) is 9.20. The maximum absolute atomic E-state index is 12.1. The van der Waals surface area contributed by atoms with Gasteiger partial charge >= 0.3 is 5.97 Å². The number of anilines is 1. The number of amides is 1. The van der Waals surface area contributed by atoms with Gasteiger partial charge in [-0.2, -0.15) is 0 Å². The average molecular weight is 299 g/mol. The molecule has 1 fully saturated rings. The van der Waals surface area contributed by atoms with Crippen molar-refractivity contribution >= 4 is 30.0 Å². The molecular formula is C14H19ClN2O3. The van der Waals surface area contributed by atoms with Crippen LogP contribution in [0.2, 0.25) is 0 Å². The third-order valence-corrected chi connectivity index (χ3v) is 3.22. The van der Waals surface area contributed by atoms with E-state index in [0.29, 0.717) is 17.8 Å². The molecule has 2 N–H and O–H groups in total. The fourth-order valence-electron chi connectivity index (χ4n) is 2.16. The summed E-state index contributed by atoms with van der Waals surface area (Å²) in [6.45, 7) is 1.68. The molecule has 1 aliphatic rings. The molecule has 1 aromatic rings. The summed E-state index contributed by atoms with van der Waals surface area (Å²) in [6, 6.07) is 6.77. The Balaban J connectivity index is 0.00000200. The summed E-state index contributed by atoms with van der Waals surface area (Å²) in [5.41, 5.74) is 1.06. The molecule has 5 nitrogen and oxygen atoms in total. The van der Waals surface area contributed by atoms with Gasteiger partial charge in [-0.05, 0) is 37.6 Å². The van der Waals surface area contributed by atoms with Crippen LogP contribution in [-0.2, 0) is 9.53 Å².